The summed E-state index contributed by atoms with van der Waals surface area (Å²) < 4.78 is 0. The van der Waals surface area contributed by atoms with Crippen molar-refractivity contribution in [2.75, 3.05) is 6.54 Å². The number of nitrogens with zero attached hydrogens (tertiary/aromatic N) is 1. The number of nitrogens with one attached hydrogen (secondary N) is 2. The highest BCUT2D eigenvalue weighted by Crippen LogP contribution is 2.20. The first-order chi connectivity index (χ1) is 7.34. The summed E-state index contributed by atoms with van der Waals surface area (Å²) in [6, 6.07) is 1.74. The average molecular weight is 224 g/mol. The van der Waals surface area contributed by atoms with Crippen molar-refractivity contribution in [2.24, 2.45) is 5.73 Å². The van der Waals surface area contributed by atoms with E-state index in [1.807, 2.05) is 6.92 Å². The Kier molecular flexibility index (Phi) is 3.70. The van der Waals surface area contributed by atoms with Gasteiger partial charge in [0.1, 0.15) is 5.69 Å². The maximum atomic E-state index is 11.7. The lowest BCUT2D eigenvalue weighted by molar-refractivity contribution is 0.0936. The molecular weight excluding hydrogens is 204 g/mol. The van der Waals surface area contributed by atoms with Gasteiger partial charge in [0.05, 0.1) is 0 Å². The molecule has 0 saturated carbocycles. The molecule has 0 saturated heterocycles. The lowest BCUT2D eigenvalue weighted by Crippen LogP contribution is -2.37. The molecule has 0 aliphatic rings. The molecular formula is C11H20N4O. The zero-order valence-corrected chi connectivity index (χ0v) is 10.3. The topological polar surface area (TPSA) is 83.8 Å². The van der Waals surface area contributed by atoms with Crippen molar-refractivity contribution in [1.29, 1.82) is 0 Å². The summed E-state index contributed by atoms with van der Waals surface area (Å²) in [5.41, 5.74) is 6.74. The Bertz CT molecular complexity index is 364. The largest absolute Gasteiger partial charge is 0.347 e. The van der Waals surface area contributed by atoms with Gasteiger partial charge in [0, 0.05) is 23.7 Å². The van der Waals surface area contributed by atoms with E-state index in [0.29, 0.717) is 12.2 Å². The van der Waals surface area contributed by atoms with Gasteiger partial charge in [0.25, 0.3) is 5.91 Å². The summed E-state index contributed by atoms with van der Waals surface area (Å²) in [5.74, 6) is -0.190. The van der Waals surface area contributed by atoms with E-state index in [2.05, 4.69) is 36.3 Å². The number of aromatic amines is 1. The van der Waals surface area contributed by atoms with Gasteiger partial charge in [0.2, 0.25) is 0 Å². The molecule has 90 valence electrons. The summed E-state index contributed by atoms with van der Waals surface area (Å²) in [4.78, 5) is 11.7. The molecule has 0 unspecified atom stereocenters. The second-order valence-electron chi connectivity index (χ2n) is 5.03. The maximum absolute atomic E-state index is 11.7. The Morgan fingerprint density at radius 2 is 2.25 bits per heavy atom. The van der Waals surface area contributed by atoms with Gasteiger partial charge in [-0.25, -0.2) is 0 Å². The van der Waals surface area contributed by atoms with Gasteiger partial charge in [0.15, 0.2) is 0 Å². The van der Waals surface area contributed by atoms with Crippen molar-refractivity contribution in [1.82, 2.24) is 15.5 Å². The Balaban J connectivity index is 2.75. The summed E-state index contributed by atoms with van der Waals surface area (Å²) in [7, 11) is 0. The molecule has 0 bridgehead atoms. The Hall–Kier alpha value is -1.36. The van der Waals surface area contributed by atoms with Crippen molar-refractivity contribution in [3.05, 3.63) is 17.5 Å². The zero-order valence-electron chi connectivity index (χ0n) is 10.3. The van der Waals surface area contributed by atoms with E-state index in [0.717, 1.165) is 5.69 Å². The summed E-state index contributed by atoms with van der Waals surface area (Å²) in [6.45, 7) is 8.46. The van der Waals surface area contributed by atoms with Crippen molar-refractivity contribution >= 4 is 5.91 Å². The SMILES string of the molecule is C[C@@H](CN)NC(=O)c1cc(C(C)(C)C)[nH]n1. The number of hydrogen-bond donors (Lipinski definition) is 3. The predicted octanol–water partition coefficient (Wildman–Crippen LogP) is 0.784. The molecule has 0 spiro atoms. The van der Waals surface area contributed by atoms with Crippen LogP contribution >= 0.6 is 0 Å². The zero-order chi connectivity index (χ0) is 12.3. The molecule has 0 radical (unpaired) electrons. The highest BCUT2D eigenvalue weighted by Gasteiger charge is 2.19. The standard InChI is InChI=1S/C11H20N4O/c1-7(6-12)13-10(16)8-5-9(15-14-8)11(2,3)4/h5,7H,6,12H2,1-4H3,(H,13,16)(H,14,15)/t7-/m0/s1. The number of rotatable bonds is 3. The van der Waals surface area contributed by atoms with E-state index in [9.17, 15) is 4.79 Å². The summed E-state index contributed by atoms with van der Waals surface area (Å²) in [5, 5.41) is 9.63. The Morgan fingerprint density at radius 3 is 2.69 bits per heavy atom. The van der Waals surface area contributed by atoms with E-state index < -0.39 is 0 Å². The molecule has 5 nitrogen and oxygen atoms in total. The monoisotopic (exact) mass is 224 g/mol. The van der Waals surface area contributed by atoms with Crippen LogP contribution in [0, 0.1) is 0 Å². The molecule has 1 aromatic heterocycles. The minimum absolute atomic E-state index is 0.0367. The number of amides is 1. The van der Waals surface area contributed by atoms with Crippen LogP contribution in [0.4, 0.5) is 0 Å². The molecule has 0 fully saturated rings. The first-order valence-electron chi connectivity index (χ1n) is 5.41. The van der Waals surface area contributed by atoms with Gasteiger partial charge >= 0.3 is 0 Å². The number of hydrogen-bond acceptors (Lipinski definition) is 3. The highest BCUT2D eigenvalue weighted by molar-refractivity contribution is 5.92. The van der Waals surface area contributed by atoms with Crippen LogP contribution in [-0.4, -0.2) is 28.7 Å². The van der Waals surface area contributed by atoms with E-state index in [-0.39, 0.29) is 17.4 Å². The van der Waals surface area contributed by atoms with Gasteiger partial charge in [-0.15, -0.1) is 0 Å². The first-order valence-corrected chi connectivity index (χ1v) is 5.41. The molecule has 1 heterocycles. The minimum atomic E-state index is -0.190. The quantitative estimate of drug-likeness (QED) is 0.709. The summed E-state index contributed by atoms with van der Waals surface area (Å²) in [6.07, 6.45) is 0. The Morgan fingerprint density at radius 1 is 1.62 bits per heavy atom. The second kappa shape index (κ2) is 4.65. The smallest absolute Gasteiger partial charge is 0.272 e. The second-order valence-corrected chi connectivity index (χ2v) is 5.03. The Labute approximate surface area is 95.8 Å². The fraction of sp³-hybridized carbons (Fsp3) is 0.636. The van der Waals surface area contributed by atoms with Crippen LogP contribution in [0.1, 0.15) is 43.9 Å². The van der Waals surface area contributed by atoms with E-state index in [1.54, 1.807) is 6.07 Å². The third-order valence-corrected chi connectivity index (χ3v) is 2.35. The van der Waals surface area contributed by atoms with E-state index >= 15 is 0 Å². The van der Waals surface area contributed by atoms with Gasteiger partial charge in [-0.05, 0) is 13.0 Å². The first kappa shape index (κ1) is 12.7. The van der Waals surface area contributed by atoms with Crippen molar-refractivity contribution < 1.29 is 4.79 Å². The molecule has 0 aliphatic carbocycles. The van der Waals surface area contributed by atoms with Crippen LogP contribution in [0.3, 0.4) is 0 Å². The third-order valence-electron chi connectivity index (χ3n) is 2.35. The molecule has 1 rings (SSSR count). The molecule has 16 heavy (non-hydrogen) atoms. The number of aromatic nitrogens is 2. The van der Waals surface area contributed by atoms with Crippen LogP contribution in [-0.2, 0) is 5.41 Å². The summed E-state index contributed by atoms with van der Waals surface area (Å²) >= 11 is 0. The molecule has 0 aromatic carbocycles. The molecule has 5 heteroatoms. The molecule has 0 aliphatic heterocycles. The van der Waals surface area contributed by atoms with Crippen LogP contribution in [0.2, 0.25) is 0 Å². The number of nitrogens with two attached hydrogens (primary N) is 1. The maximum Gasteiger partial charge on any atom is 0.272 e. The number of carbonyl (C=O) groups excluding carboxylic acids is 1. The molecule has 1 aromatic rings. The van der Waals surface area contributed by atoms with Crippen molar-refractivity contribution in [3.8, 4) is 0 Å². The van der Waals surface area contributed by atoms with Crippen LogP contribution in [0.15, 0.2) is 6.07 Å². The highest BCUT2D eigenvalue weighted by atomic mass is 16.2. The fourth-order valence-electron chi connectivity index (χ4n) is 1.18. The van der Waals surface area contributed by atoms with Crippen molar-refractivity contribution in [3.63, 3.8) is 0 Å². The lowest BCUT2D eigenvalue weighted by atomic mass is 9.92. The minimum Gasteiger partial charge on any atom is -0.347 e. The van der Waals surface area contributed by atoms with E-state index in [1.165, 1.54) is 0 Å². The molecule has 1 atom stereocenters. The van der Waals surface area contributed by atoms with Gasteiger partial charge in [-0.3, -0.25) is 9.89 Å². The van der Waals surface area contributed by atoms with Gasteiger partial charge in [-0.1, -0.05) is 20.8 Å². The molecule has 4 N–H and O–H groups in total. The number of carbonyl (C=O) groups is 1. The van der Waals surface area contributed by atoms with E-state index in [4.69, 9.17) is 5.73 Å². The van der Waals surface area contributed by atoms with Crippen LogP contribution < -0.4 is 11.1 Å². The number of H-pyrrole nitrogens is 1. The fourth-order valence-corrected chi connectivity index (χ4v) is 1.18. The van der Waals surface area contributed by atoms with Crippen LogP contribution in [0.25, 0.3) is 0 Å². The van der Waals surface area contributed by atoms with Gasteiger partial charge < -0.3 is 11.1 Å². The third kappa shape index (κ3) is 3.06. The predicted molar refractivity (Wildman–Crippen MR) is 63.3 cm³/mol. The van der Waals surface area contributed by atoms with Crippen molar-refractivity contribution in [2.45, 2.75) is 39.2 Å². The average Bonchev–Trinajstić information content (AvgIpc) is 2.65. The normalized spacial score (nSPS) is 13.6. The van der Waals surface area contributed by atoms with Gasteiger partial charge in [-0.2, -0.15) is 5.10 Å². The lowest BCUT2D eigenvalue weighted by Gasteiger charge is -2.14. The van der Waals surface area contributed by atoms with Crippen LogP contribution in [0.5, 0.6) is 0 Å². The molecule has 1 amide bonds.